The van der Waals surface area contributed by atoms with Crippen LogP contribution in [-0.4, -0.2) is 46.1 Å². The lowest BCUT2D eigenvalue weighted by atomic mass is 10.2. The number of likely N-dealkylation sites (tertiary alicyclic amines) is 1. The third kappa shape index (κ3) is 2.46. The van der Waals surface area contributed by atoms with Crippen molar-refractivity contribution in [3.63, 3.8) is 0 Å². The summed E-state index contributed by atoms with van der Waals surface area (Å²) in [5, 5.41) is 8.72. The van der Waals surface area contributed by atoms with Crippen LogP contribution in [0.3, 0.4) is 0 Å². The Morgan fingerprint density at radius 3 is 3.00 bits per heavy atom. The number of rotatable bonds is 5. The van der Waals surface area contributed by atoms with Gasteiger partial charge in [0.2, 0.25) is 0 Å². The van der Waals surface area contributed by atoms with Crippen molar-refractivity contribution in [3.8, 4) is 0 Å². The van der Waals surface area contributed by atoms with E-state index in [1.807, 2.05) is 0 Å². The van der Waals surface area contributed by atoms with Gasteiger partial charge in [0.25, 0.3) is 0 Å². The fraction of sp³-hybridized carbons (Fsp3) is 0.750. The molecule has 0 aliphatic carbocycles. The fourth-order valence-electron chi connectivity index (χ4n) is 1.73. The van der Waals surface area contributed by atoms with Crippen LogP contribution in [0.25, 0.3) is 0 Å². The molecule has 2 unspecified atom stereocenters. The second kappa shape index (κ2) is 5.33. The highest BCUT2D eigenvalue weighted by Gasteiger charge is 2.34. The zero-order valence-corrected chi connectivity index (χ0v) is 8.57. The number of thioether (sulfide) groups is 1. The summed E-state index contributed by atoms with van der Waals surface area (Å²) >= 11 is 1.05. The molecule has 0 aromatic heterocycles. The average Bonchev–Trinajstić information content (AvgIpc) is 2.62. The number of carbonyl (C=O) groups is 2. The molecule has 0 radical (unpaired) electrons. The Hall–Kier alpha value is -0.590. The number of carbonyl (C=O) groups excluding carboxylic acids is 1. The van der Waals surface area contributed by atoms with Crippen molar-refractivity contribution >= 4 is 23.3 Å². The van der Waals surface area contributed by atoms with Gasteiger partial charge >= 0.3 is 5.97 Å². The molecule has 0 aromatic rings. The van der Waals surface area contributed by atoms with E-state index < -0.39 is 12.0 Å². The molecule has 0 aromatic carbocycles. The zero-order valence-electron chi connectivity index (χ0n) is 7.76. The standard InChI is InChI=1S/C8H14N2O3S/c9-4-7(14-5-11)10-3-1-2-6(10)8(12)13/h5-7H,1-4,9H2,(H,12,13). The van der Waals surface area contributed by atoms with Gasteiger partial charge in [0.1, 0.15) is 6.04 Å². The van der Waals surface area contributed by atoms with Crippen molar-refractivity contribution < 1.29 is 14.7 Å². The first-order valence-corrected chi connectivity index (χ1v) is 5.42. The lowest BCUT2D eigenvalue weighted by Gasteiger charge is -2.27. The fourth-order valence-corrected chi connectivity index (χ4v) is 2.38. The molecule has 0 spiro atoms. The molecule has 1 fully saturated rings. The van der Waals surface area contributed by atoms with Gasteiger partial charge in [0.05, 0.1) is 5.37 Å². The van der Waals surface area contributed by atoms with Gasteiger partial charge in [-0.25, -0.2) is 0 Å². The van der Waals surface area contributed by atoms with Crippen molar-refractivity contribution in [1.29, 1.82) is 0 Å². The van der Waals surface area contributed by atoms with E-state index in [0.717, 1.165) is 23.8 Å². The Morgan fingerprint density at radius 2 is 2.50 bits per heavy atom. The van der Waals surface area contributed by atoms with Gasteiger partial charge in [0.15, 0.2) is 5.62 Å². The van der Waals surface area contributed by atoms with Gasteiger partial charge in [-0.05, 0) is 12.8 Å². The van der Waals surface area contributed by atoms with E-state index in [1.165, 1.54) is 0 Å². The zero-order chi connectivity index (χ0) is 10.6. The maximum absolute atomic E-state index is 10.9. The molecule has 1 aliphatic rings. The molecule has 3 N–H and O–H groups in total. The first-order valence-electron chi connectivity index (χ1n) is 4.48. The van der Waals surface area contributed by atoms with E-state index in [0.29, 0.717) is 19.5 Å². The molecule has 1 heterocycles. The summed E-state index contributed by atoms with van der Waals surface area (Å²) in [5.74, 6) is -0.826. The van der Waals surface area contributed by atoms with Crippen molar-refractivity contribution in [3.05, 3.63) is 0 Å². The number of hydrogen-bond donors (Lipinski definition) is 2. The monoisotopic (exact) mass is 218 g/mol. The van der Waals surface area contributed by atoms with Crippen LogP contribution in [0.15, 0.2) is 0 Å². The predicted octanol–water partition coefficient (Wildman–Crippen LogP) is -0.256. The average molecular weight is 218 g/mol. The molecule has 6 heteroatoms. The highest BCUT2D eigenvalue weighted by molar-refractivity contribution is 8.12. The Bertz CT molecular complexity index is 225. The van der Waals surface area contributed by atoms with Crippen LogP contribution >= 0.6 is 11.8 Å². The van der Waals surface area contributed by atoms with E-state index in [4.69, 9.17) is 10.8 Å². The molecule has 1 saturated heterocycles. The molecular formula is C8H14N2O3S. The number of nitrogens with zero attached hydrogens (tertiary/aromatic N) is 1. The highest BCUT2D eigenvalue weighted by atomic mass is 32.2. The van der Waals surface area contributed by atoms with Gasteiger partial charge < -0.3 is 10.8 Å². The van der Waals surface area contributed by atoms with Crippen molar-refractivity contribution in [2.75, 3.05) is 13.1 Å². The minimum Gasteiger partial charge on any atom is -0.480 e. The molecule has 0 saturated carbocycles. The summed E-state index contributed by atoms with van der Waals surface area (Å²) in [7, 11) is 0. The summed E-state index contributed by atoms with van der Waals surface area (Å²) in [4.78, 5) is 23.0. The Morgan fingerprint density at radius 1 is 1.79 bits per heavy atom. The molecule has 80 valence electrons. The van der Waals surface area contributed by atoms with Gasteiger partial charge in [-0.3, -0.25) is 14.5 Å². The van der Waals surface area contributed by atoms with Gasteiger partial charge in [-0.15, -0.1) is 0 Å². The molecule has 1 rings (SSSR count). The third-order valence-electron chi connectivity index (χ3n) is 2.36. The van der Waals surface area contributed by atoms with Crippen LogP contribution in [0.4, 0.5) is 0 Å². The summed E-state index contributed by atoms with van der Waals surface area (Å²) in [6, 6.07) is -0.476. The molecule has 1 aliphatic heterocycles. The number of nitrogens with two attached hydrogens (primary N) is 1. The van der Waals surface area contributed by atoms with E-state index in [9.17, 15) is 9.59 Å². The number of aliphatic carboxylic acids is 1. The second-order valence-electron chi connectivity index (χ2n) is 3.16. The normalized spacial score (nSPS) is 24.8. The van der Waals surface area contributed by atoms with Gasteiger partial charge in [-0.2, -0.15) is 0 Å². The molecule has 2 atom stereocenters. The minimum atomic E-state index is -0.826. The first kappa shape index (κ1) is 11.5. The molecule has 14 heavy (non-hydrogen) atoms. The molecular weight excluding hydrogens is 204 g/mol. The maximum atomic E-state index is 10.9. The SMILES string of the molecule is NCC(SC=O)N1CCCC1C(=O)O. The first-order chi connectivity index (χ1) is 6.70. The summed E-state index contributed by atoms with van der Waals surface area (Å²) < 4.78 is 0. The molecule has 5 nitrogen and oxygen atoms in total. The van der Waals surface area contributed by atoms with E-state index in [-0.39, 0.29) is 5.37 Å². The van der Waals surface area contributed by atoms with Crippen LogP contribution in [0.1, 0.15) is 12.8 Å². The van der Waals surface area contributed by atoms with E-state index >= 15 is 0 Å². The Labute approximate surface area is 86.6 Å². The third-order valence-corrected chi connectivity index (χ3v) is 3.25. The number of hydrogen-bond acceptors (Lipinski definition) is 5. The van der Waals surface area contributed by atoms with Crippen LogP contribution in [0.5, 0.6) is 0 Å². The van der Waals surface area contributed by atoms with Crippen LogP contribution in [0.2, 0.25) is 0 Å². The largest absolute Gasteiger partial charge is 0.480 e. The minimum absolute atomic E-state index is 0.198. The molecule has 0 amide bonds. The quantitative estimate of drug-likeness (QED) is 0.619. The predicted molar refractivity (Wildman–Crippen MR) is 54.5 cm³/mol. The van der Waals surface area contributed by atoms with Crippen LogP contribution in [-0.2, 0) is 9.59 Å². The van der Waals surface area contributed by atoms with Crippen molar-refractivity contribution in [2.24, 2.45) is 5.73 Å². The number of carboxylic acid groups (broad SMARTS) is 1. The highest BCUT2D eigenvalue weighted by Crippen LogP contribution is 2.24. The summed E-state index contributed by atoms with van der Waals surface area (Å²) in [6.45, 7) is 1.01. The Kier molecular flexibility index (Phi) is 4.37. The lowest BCUT2D eigenvalue weighted by Crippen LogP contribution is -2.45. The summed E-state index contributed by atoms with van der Waals surface area (Å²) in [6.07, 6.45) is 1.50. The van der Waals surface area contributed by atoms with E-state index in [1.54, 1.807) is 4.90 Å². The van der Waals surface area contributed by atoms with Crippen molar-refractivity contribution in [2.45, 2.75) is 24.3 Å². The van der Waals surface area contributed by atoms with E-state index in [2.05, 4.69) is 0 Å². The van der Waals surface area contributed by atoms with Crippen LogP contribution < -0.4 is 5.73 Å². The maximum Gasteiger partial charge on any atom is 0.320 e. The molecule has 0 bridgehead atoms. The van der Waals surface area contributed by atoms with Gasteiger partial charge in [0, 0.05) is 13.1 Å². The Balaban J connectivity index is 2.63. The van der Waals surface area contributed by atoms with Gasteiger partial charge in [-0.1, -0.05) is 11.8 Å². The van der Waals surface area contributed by atoms with Crippen LogP contribution in [0, 0.1) is 0 Å². The van der Waals surface area contributed by atoms with Crippen molar-refractivity contribution in [1.82, 2.24) is 4.90 Å². The lowest BCUT2D eigenvalue weighted by molar-refractivity contribution is -0.142. The second-order valence-corrected chi connectivity index (χ2v) is 4.17. The number of carboxylic acids is 1. The topological polar surface area (TPSA) is 83.6 Å². The smallest absolute Gasteiger partial charge is 0.320 e. The summed E-state index contributed by atoms with van der Waals surface area (Å²) in [5.41, 5.74) is 6.20.